The summed E-state index contributed by atoms with van der Waals surface area (Å²) in [6, 6.07) is 0. The minimum Gasteiger partial charge on any atom is -0.388 e. The Kier molecular flexibility index (Phi) is 3.87. The molecule has 13 heavy (non-hydrogen) atoms. The van der Waals surface area contributed by atoms with Crippen molar-refractivity contribution in [3.8, 4) is 0 Å². The normalized spacial score (nSPS) is 27.4. The highest BCUT2D eigenvalue weighted by molar-refractivity contribution is 6.68. The Morgan fingerprint density at radius 3 is 2.46 bits per heavy atom. The van der Waals surface area contributed by atoms with Crippen LogP contribution in [0.4, 0.5) is 0 Å². The van der Waals surface area contributed by atoms with Crippen LogP contribution in [0.25, 0.3) is 0 Å². The Morgan fingerprint density at radius 2 is 2.00 bits per heavy atom. The molecule has 0 saturated heterocycles. The molecule has 0 bridgehead atoms. The number of ketones is 1. The second-order valence-corrected chi connectivity index (χ2v) is 5.67. The lowest BCUT2D eigenvalue weighted by Gasteiger charge is -2.29. The van der Waals surface area contributed by atoms with Crippen molar-refractivity contribution in [2.45, 2.75) is 35.6 Å². The summed E-state index contributed by atoms with van der Waals surface area (Å²) in [5.41, 5.74) is 0. The van der Waals surface area contributed by atoms with Gasteiger partial charge in [-0.2, -0.15) is 0 Å². The van der Waals surface area contributed by atoms with E-state index in [9.17, 15) is 9.90 Å². The van der Waals surface area contributed by atoms with Gasteiger partial charge in [0.25, 0.3) is 0 Å². The average molecular weight is 246 g/mol. The number of Topliss-reactive ketones (excluding diaryl/α,β-unsaturated/α-hetero) is 1. The second kappa shape index (κ2) is 4.35. The molecule has 1 fully saturated rings. The summed E-state index contributed by atoms with van der Waals surface area (Å²) in [7, 11) is 0. The number of hydrogen-bond donors (Lipinski definition) is 1. The topological polar surface area (TPSA) is 37.3 Å². The molecule has 1 N–H and O–H groups in total. The summed E-state index contributed by atoms with van der Waals surface area (Å²) >= 11 is 16.5. The van der Waals surface area contributed by atoms with Gasteiger partial charge in [-0.05, 0) is 12.8 Å². The van der Waals surface area contributed by atoms with Crippen molar-refractivity contribution in [1.82, 2.24) is 0 Å². The van der Waals surface area contributed by atoms with E-state index in [0.717, 1.165) is 12.8 Å². The molecule has 1 aliphatic rings. The Morgan fingerprint density at radius 1 is 1.38 bits per heavy atom. The van der Waals surface area contributed by atoms with Crippen LogP contribution in [0.5, 0.6) is 0 Å². The van der Waals surface area contributed by atoms with Gasteiger partial charge in [0, 0.05) is 12.3 Å². The predicted molar refractivity (Wildman–Crippen MR) is 53.3 cm³/mol. The fourth-order valence-corrected chi connectivity index (χ4v) is 2.03. The first-order chi connectivity index (χ1) is 5.93. The number of carbonyl (C=O) groups excluding carboxylic acids is 1. The third kappa shape index (κ3) is 2.98. The monoisotopic (exact) mass is 244 g/mol. The molecule has 5 heteroatoms. The lowest BCUT2D eigenvalue weighted by molar-refractivity contribution is -0.128. The average Bonchev–Trinajstić information content (AvgIpc) is 2.02. The largest absolute Gasteiger partial charge is 0.388 e. The van der Waals surface area contributed by atoms with E-state index in [0.29, 0.717) is 12.8 Å². The lowest BCUT2D eigenvalue weighted by atomic mass is 9.84. The summed E-state index contributed by atoms with van der Waals surface area (Å²) < 4.78 is -1.75. The number of aliphatic hydroxyl groups is 1. The van der Waals surface area contributed by atoms with Crippen LogP contribution in [-0.2, 0) is 4.79 Å². The van der Waals surface area contributed by atoms with Crippen molar-refractivity contribution in [3.05, 3.63) is 0 Å². The van der Waals surface area contributed by atoms with Gasteiger partial charge in [0.2, 0.25) is 3.79 Å². The van der Waals surface area contributed by atoms with Crippen molar-refractivity contribution in [3.63, 3.8) is 0 Å². The van der Waals surface area contributed by atoms with E-state index in [1.54, 1.807) is 0 Å². The molecule has 2 nitrogen and oxygen atoms in total. The molecule has 0 amide bonds. The zero-order chi connectivity index (χ0) is 10.1. The predicted octanol–water partition coefficient (Wildman–Crippen LogP) is 2.48. The molecule has 76 valence electrons. The Labute approximate surface area is 92.2 Å². The molecular formula is C8H11Cl3O2. The summed E-state index contributed by atoms with van der Waals surface area (Å²) in [6.07, 6.45) is 1.72. The molecular weight excluding hydrogens is 234 g/mol. The quantitative estimate of drug-likeness (QED) is 0.721. The molecule has 0 unspecified atom stereocenters. The minimum atomic E-state index is -1.75. The van der Waals surface area contributed by atoms with E-state index >= 15 is 0 Å². The van der Waals surface area contributed by atoms with Gasteiger partial charge >= 0.3 is 0 Å². The maximum absolute atomic E-state index is 11.3. The van der Waals surface area contributed by atoms with E-state index < -0.39 is 15.8 Å². The van der Waals surface area contributed by atoms with Crippen LogP contribution >= 0.6 is 34.8 Å². The van der Waals surface area contributed by atoms with E-state index in [1.807, 2.05) is 0 Å². The molecule has 0 heterocycles. The van der Waals surface area contributed by atoms with Gasteiger partial charge in [0.1, 0.15) is 11.9 Å². The highest BCUT2D eigenvalue weighted by Crippen LogP contribution is 2.37. The number of halogens is 3. The maximum atomic E-state index is 11.3. The summed E-state index contributed by atoms with van der Waals surface area (Å²) in [5, 5.41) is 9.56. The van der Waals surface area contributed by atoms with Crippen molar-refractivity contribution in [2.75, 3.05) is 0 Å². The number of rotatable bonds is 1. The van der Waals surface area contributed by atoms with Crippen LogP contribution in [0, 0.1) is 5.92 Å². The van der Waals surface area contributed by atoms with Gasteiger partial charge in [-0.3, -0.25) is 4.79 Å². The third-order valence-corrected chi connectivity index (χ3v) is 2.99. The maximum Gasteiger partial charge on any atom is 0.216 e. The van der Waals surface area contributed by atoms with Gasteiger partial charge in [-0.25, -0.2) is 0 Å². The van der Waals surface area contributed by atoms with Crippen LogP contribution in [0.1, 0.15) is 25.7 Å². The molecule has 0 aromatic carbocycles. The van der Waals surface area contributed by atoms with Gasteiger partial charge in [-0.1, -0.05) is 41.2 Å². The Balaban J connectivity index is 2.64. The standard InChI is InChI=1S/C8H11Cl3O2/c9-8(10,11)7(13)5-3-1-2-4-6(5)12/h5,7,13H,1-4H2/t5-,7-/m1/s1. The highest BCUT2D eigenvalue weighted by Gasteiger charge is 2.41. The molecule has 0 aliphatic heterocycles. The van der Waals surface area contributed by atoms with Crippen molar-refractivity contribution in [2.24, 2.45) is 5.92 Å². The van der Waals surface area contributed by atoms with Crippen molar-refractivity contribution < 1.29 is 9.90 Å². The van der Waals surface area contributed by atoms with Gasteiger partial charge in [0.05, 0.1) is 0 Å². The van der Waals surface area contributed by atoms with E-state index in [-0.39, 0.29) is 5.78 Å². The summed E-state index contributed by atoms with van der Waals surface area (Å²) in [5.74, 6) is -0.494. The van der Waals surface area contributed by atoms with Crippen molar-refractivity contribution >= 4 is 40.6 Å². The van der Waals surface area contributed by atoms with Crippen LogP contribution in [0.2, 0.25) is 0 Å². The summed E-state index contributed by atoms with van der Waals surface area (Å²) in [4.78, 5) is 11.3. The van der Waals surface area contributed by atoms with Crippen LogP contribution in [0.15, 0.2) is 0 Å². The molecule has 0 aromatic heterocycles. The molecule has 0 radical (unpaired) electrons. The highest BCUT2D eigenvalue weighted by atomic mass is 35.6. The minimum absolute atomic E-state index is 0.00470. The first-order valence-electron chi connectivity index (χ1n) is 4.20. The molecule has 2 atom stereocenters. The zero-order valence-corrected chi connectivity index (χ0v) is 9.24. The number of carbonyl (C=O) groups is 1. The van der Waals surface area contributed by atoms with Gasteiger partial charge < -0.3 is 5.11 Å². The molecule has 1 aliphatic carbocycles. The van der Waals surface area contributed by atoms with Crippen LogP contribution in [0.3, 0.4) is 0 Å². The first kappa shape index (κ1) is 11.6. The number of hydrogen-bond acceptors (Lipinski definition) is 2. The Bertz CT molecular complexity index is 200. The second-order valence-electron chi connectivity index (χ2n) is 3.31. The fraction of sp³-hybridized carbons (Fsp3) is 0.875. The van der Waals surface area contributed by atoms with E-state index in [2.05, 4.69) is 0 Å². The van der Waals surface area contributed by atoms with Gasteiger partial charge in [-0.15, -0.1) is 0 Å². The van der Waals surface area contributed by atoms with Crippen LogP contribution < -0.4 is 0 Å². The Hall–Kier alpha value is 0.500. The van der Waals surface area contributed by atoms with Crippen molar-refractivity contribution in [1.29, 1.82) is 0 Å². The molecule has 0 aromatic rings. The van der Waals surface area contributed by atoms with Gasteiger partial charge in [0.15, 0.2) is 0 Å². The molecule has 1 saturated carbocycles. The third-order valence-electron chi connectivity index (χ3n) is 2.32. The SMILES string of the molecule is O=C1CCCC[C@H]1[C@@H](O)C(Cl)(Cl)Cl. The lowest BCUT2D eigenvalue weighted by Crippen LogP contribution is -2.39. The van der Waals surface area contributed by atoms with Crippen LogP contribution in [-0.4, -0.2) is 20.8 Å². The first-order valence-corrected chi connectivity index (χ1v) is 5.34. The van der Waals surface area contributed by atoms with E-state index in [1.165, 1.54) is 0 Å². The zero-order valence-electron chi connectivity index (χ0n) is 6.97. The fourth-order valence-electron chi connectivity index (χ4n) is 1.57. The summed E-state index contributed by atoms with van der Waals surface area (Å²) in [6.45, 7) is 0. The number of alkyl halides is 3. The molecule has 1 rings (SSSR count). The number of aliphatic hydroxyl groups excluding tert-OH is 1. The van der Waals surface area contributed by atoms with E-state index in [4.69, 9.17) is 34.8 Å². The molecule has 0 spiro atoms. The smallest absolute Gasteiger partial charge is 0.216 e.